The van der Waals surface area contributed by atoms with Gasteiger partial charge in [-0.15, -0.1) is 0 Å². The third-order valence-electron chi connectivity index (χ3n) is 2.11. The minimum atomic E-state index is -0.706. The highest BCUT2D eigenvalue weighted by Crippen LogP contribution is 2.10. The number of rotatable bonds is 4. The number of amides is 1. The van der Waals surface area contributed by atoms with Crippen LogP contribution in [-0.4, -0.2) is 16.4 Å². The first-order valence-electron chi connectivity index (χ1n) is 4.56. The average Bonchev–Trinajstić information content (AvgIpc) is 2.15. The molecule has 82 valence electrons. The third-order valence-corrected chi connectivity index (χ3v) is 2.55. The van der Waals surface area contributed by atoms with Crippen LogP contribution in [0.25, 0.3) is 0 Å². The van der Waals surface area contributed by atoms with Crippen molar-refractivity contribution >= 4 is 21.8 Å². The second kappa shape index (κ2) is 4.72. The van der Waals surface area contributed by atoms with Gasteiger partial charge >= 0.3 is 0 Å². The van der Waals surface area contributed by atoms with E-state index in [1.165, 1.54) is 0 Å². The van der Waals surface area contributed by atoms with E-state index in [-0.39, 0.29) is 5.91 Å². The van der Waals surface area contributed by atoms with Crippen molar-refractivity contribution in [3.8, 4) is 0 Å². The molecule has 0 aliphatic heterocycles. The summed E-state index contributed by atoms with van der Waals surface area (Å²) in [5.41, 5.74) is 5.53. The van der Waals surface area contributed by atoms with E-state index in [0.29, 0.717) is 6.54 Å². The summed E-state index contributed by atoms with van der Waals surface area (Å²) in [5.74, 6) is -0.370. The fourth-order valence-electron chi connectivity index (χ4n) is 0.963. The number of nitrogens with zero attached hydrogens (tertiary/aromatic N) is 1. The number of primary amides is 1. The monoisotopic (exact) mass is 271 g/mol. The maximum absolute atomic E-state index is 11.0. The van der Waals surface area contributed by atoms with Crippen molar-refractivity contribution in [3.05, 3.63) is 28.5 Å². The highest BCUT2D eigenvalue weighted by molar-refractivity contribution is 9.10. The quantitative estimate of drug-likeness (QED) is 0.865. The minimum absolute atomic E-state index is 0.370. The Morgan fingerprint density at radius 1 is 1.60 bits per heavy atom. The van der Waals surface area contributed by atoms with E-state index in [9.17, 15) is 4.79 Å². The van der Waals surface area contributed by atoms with Gasteiger partial charge in [0.1, 0.15) is 0 Å². The number of aromatic nitrogens is 1. The third kappa shape index (κ3) is 3.60. The molecule has 0 fully saturated rings. The second-order valence-corrected chi connectivity index (χ2v) is 4.77. The Labute approximate surface area is 97.4 Å². The van der Waals surface area contributed by atoms with E-state index in [1.54, 1.807) is 26.2 Å². The Kier molecular flexibility index (Phi) is 3.82. The molecule has 3 N–H and O–H groups in total. The SMILES string of the molecule is CC(C)(NCc1cncc(Br)c1)C(N)=O. The van der Waals surface area contributed by atoms with E-state index < -0.39 is 5.54 Å². The van der Waals surface area contributed by atoms with Crippen molar-refractivity contribution in [1.82, 2.24) is 10.3 Å². The minimum Gasteiger partial charge on any atom is -0.368 e. The topological polar surface area (TPSA) is 68.0 Å². The smallest absolute Gasteiger partial charge is 0.237 e. The van der Waals surface area contributed by atoms with E-state index in [1.807, 2.05) is 6.07 Å². The van der Waals surface area contributed by atoms with Gasteiger partial charge in [0.15, 0.2) is 0 Å². The Hall–Kier alpha value is -0.940. The summed E-state index contributed by atoms with van der Waals surface area (Å²) in [6.07, 6.45) is 3.46. The second-order valence-electron chi connectivity index (χ2n) is 3.85. The number of carbonyl (C=O) groups is 1. The molecule has 0 aliphatic carbocycles. The van der Waals surface area contributed by atoms with Crippen molar-refractivity contribution in [2.45, 2.75) is 25.9 Å². The van der Waals surface area contributed by atoms with Crippen LogP contribution in [0.4, 0.5) is 0 Å². The zero-order chi connectivity index (χ0) is 11.5. The van der Waals surface area contributed by atoms with Crippen LogP contribution in [0.5, 0.6) is 0 Å². The Bertz CT molecular complexity index is 365. The molecule has 1 aromatic rings. The number of halogens is 1. The molecule has 1 rings (SSSR count). The van der Waals surface area contributed by atoms with E-state index in [0.717, 1.165) is 10.0 Å². The molecule has 1 amide bonds. The molecule has 0 radical (unpaired) electrons. The largest absolute Gasteiger partial charge is 0.368 e. The molecule has 15 heavy (non-hydrogen) atoms. The number of nitrogens with two attached hydrogens (primary N) is 1. The maximum Gasteiger partial charge on any atom is 0.237 e. The molecular formula is C10H14BrN3O. The number of nitrogens with one attached hydrogen (secondary N) is 1. The summed E-state index contributed by atoms with van der Waals surface area (Å²) in [6.45, 7) is 4.06. The van der Waals surface area contributed by atoms with Crippen LogP contribution >= 0.6 is 15.9 Å². The summed E-state index contributed by atoms with van der Waals surface area (Å²) < 4.78 is 0.915. The molecule has 0 spiro atoms. The van der Waals surface area contributed by atoms with Crippen LogP contribution < -0.4 is 11.1 Å². The molecule has 5 heteroatoms. The van der Waals surface area contributed by atoms with Crippen LogP contribution in [0, 0.1) is 0 Å². The van der Waals surface area contributed by atoms with Gasteiger partial charge in [0.05, 0.1) is 5.54 Å². The first-order valence-corrected chi connectivity index (χ1v) is 5.35. The van der Waals surface area contributed by atoms with Crippen molar-refractivity contribution in [2.24, 2.45) is 5.73 Å². The molecule has 1 aromatic heterocycles. The van der Waals surface area contributed by atoms with Crippen LogP contribution in [-0.2, 0) is 11.3 Å². The van der Waals surface area contributed by atoms with E-state index in [4.69, 9.17) is 5.73 Å². The summed E-state index contributed by atoms with van der Waals surface area (Å²) >= 11 is 3.33. The lowest BCUT2D eigenvalue weighted by molar-refractivity contribution is -0.123. The van der Waals surface area contributed by atoms with Gasteiger partial charge in [0.2, 0.25) is 5.91 Å². The normalized spacial score (nSPS) is 11.4. The summed E-state index contributed by atoms with van der Waals surface area (Å²) in [7, 11) is 0. The lowest BCUT2D eigenvalue weighted by Gasteiger charge is -2.22. The van der Waals surface area contributed by atoms with Gasteiger partial charge in [-0.2, -0.15) is 0 Å². The number of carbonyl (C=O) groups excluding carboxylic acids is 1. The van der Waals surface area contributed by atoms with Gasteiger partial charge < -0.3 is 5.73 Å². The highest BCUT2D eigenvalue weighted by atomic mass is 79.9. The van der Waals surface area contributed by atoms with E-state index >= 15 is 0 Å². The molecule has 4 nitrogen and oxygen atoms in total. The lowest BCUT2D eigenvalue weighted by atomic mass is 10.0. The van der Waals surface area contributed by atoms with Gasteiger partial charge in [0.25, 0.3) is 0 Å². The molecule has 0 saturated carbocycles. The molecular weight excluding hydrogens is 258 g/mol. The van der Waals surface area contributed by atoms with Gasteiger partial charge in [-0.3, -0.25) is 15.1 Å². The van der Waals surface area contributed by atoms with Gasteiger partial charge in [-0.25, -0.2) is 0 Å². The molecule has 0 unspecified atom stereocenters. The Balaban J connectivity index is 2.61. The predicted octanol–water partition coefficient (Wildman–Crippen LogP) is 1.20. The number of hydrogen-bond acceptors (Lipinski definition) is 3. The lowest BCUT2D eigenvalue weighted by Crippen LogP contribution is -2.50. The summed E-state index contributed by atoms with van der Waals surface area (Å²) in [4.78, 5) is 15.1. The van der Waals surface area contributed by atoms with Crippen molar-refractivity contribution < 1.29 is 4.79 Å². The van der Waals surface area contributed by atoms with Crippen molar-refractivity contribution in [2.75, 3.05) is 0 Å². The summed E-state index contributed by atoms with van der Waals surface area (Å²) in [6, 6.07) is 1.94. The standard InChI is InChI=1S/C10H14BrN3O/c1-10(2,9(12)15)14-5-7-3-8(11)6-13-4-7/h3-4,6,14H,5H2,1-2H3,(H2,12,15). The molecule has 1 heterocycles. The van der Waals surface area contributed by atoms with Gasteiger partial charge in [-0.05, 0) is 41.4 Å². The predicted molar refractivity (Wildman–Crippen MR) is 62.1 cm³/mol. The maximum atomic E-state index is 11.0. The zero-order valence-corrected chi connectivity index (χ0v) is 10.3. The Morgan fingerprint density at radius 3 is 2.80 bits per heavy atom. The highest BCUT2D eigenvalue weighted by Gasteiger charge is 2.23. The van der Waals surface area contributed by atoms with E-state index in [2.05, 4.69) is 26.2 Å². The van der Waals surface area contributed by atoms with Crippen molar-refractivity contribution in [3.63, 3.8) is 0 Å². The fraction of sp³-hybridized carbons (Fsp3) is 0.400. The molecule has 0 aromatic carbocycles. The summed E-state index contributed by atoms with van der Waals surface area (Å²) in [5, 5.41) is 3.07. The first-order chi connectivity index (χ1) is 6.92. The molecule has 0 bridgehead atoms. The van der Waals surface area contributed by atoms with Crippen LogP contribution in [0.3, 0.4) is 0 Å². The first kappa shape index (κ1) is 12.1. The van der Waals surface area contributed by atoms with Crippen LogP contribution in [0.1, 0.15) is 19.4 Å². The zero-order valence-electron chi connectivity index (χ0n) is 8.75. The Morgan fingerprint density at radius 2 is 2.27 bits per heavy atom. The average molecular weight is 272 g/mol. The molecule has 0 saturated heterocycles. The van der Waals surface area contributed by atoms with Crippen molar-refractivity contribution in [1.29, 1.82) is 0 Å². The number of hydrogen-bond donors (Lipinski definition) is 2. The van der Waals surface area contributed by atoms with Gasteiger partial charge in [0, 0.05) is 23.4 Å². The van der Waals surface area contributed by atoms with Crippen LogP contribution in [0.15, 0.2) is 22.9 Å². The van der Waals surface area contributed by atoms with Gasteiger partial charge in [-0.1, -0.05) is 0 Å². The molecule has 0 aliphatic rings. The molecule has 0 atom stereocenters. The fourth-order valence-corrected chi connectivity index (χ4v) is 1.37. The van der Waals surface area contributed by atoms with Crippen LogP contribution in [0.2, 0.25) is 0 Å². The number of pyridine rings is 1.